The maximum atomic E-state index is 13.2. The molecular weight excluding hydrogens is 394 g/mol. The fourth-order valence-electron chi connectivity index (χ4n) is 3.49. The fourth-order valence-corrected chi connectivity index (χ4v) is 3.49. The van der Waals surface area contributed by atoms with Gasteiger partial charge >= 0.3 is 0 Å². The van der Waals surface area contributed by atoms with Crippen molar-refractivity contribution in [3.8, 4) is 11.3 Å². The Morgan fingerprint density at radius 3 is 2.68 bits per heavy atom. The maximum Gasteiger partial charge on any atom is 0.259 e. The van der Waals surface area contributed by atoms with Crippen molar-refractivity contribution in [2.45, 2.75) is 13.8 Å². The minimum absolute atomic E-state index is 0.274. The molecule has 8 heteroatoms. The average Bonchev–Trinajstić information content (AvgIpc) is 3.15. The lowest BCUT2D eigenvalue weighted by Gasteiger charge is -2.09. The Kier molecular flexibility index (Phi) is 4.32. The van der Waals surface area contributed by atoms with Crippen LogP contribution in [0.25, 0.3) is 33.3 Å². The lowest BCUT2D eigenvalue weighted by Crippen LogP contribution is -2.14. The van der Waals surface area contributed by atoms with E-state index in [4.69, 9.17) is 4.52 Å². The Bertz CT molecular complexity index is 1520. The first-order valence-corrected chi connectivity index (χ1v) is 9.62. The van der Waals surface area contributed by atoms with Gasteiger partial charge in [-0.2, -0.15) is 0 Å². The summed E-state index contributed by atoms with van der Waals surface area (Å²) in [7, 11) is 0. The third-order valence-corrected chi connectivity index (χ3v) is 5.11. The van der Waals surface area contributed by atoms with Crippen LogP contribution in [0.2, 0.25) is 0 Å². The summed E-state index contributed by atoms with van der Waals surface area (Å²) < 4.78 is 5.35. The molecule has 3 heterocycles. The first kappa shape index (κ1) is 18.7. The van der Waals surface area contributed by atoms with Gasteiger partial charge in [0.15, 0.2) is 0 Å². The van der Waals surface area contributed by atoms with Gasteiger partial charge < -0.3 is 14.8 Å². The van der Waals surface area contributed by atoms with E-state index in [-0.39, 0.29) is 11.5 Å². The van der Waals surface area contributed by atoms with E-state index in [1.807, 2.05) is 31.2 Å². The summed E-state index contributed by atoms with van der Waals surface area (Å²) in [6, 6.07) is 14.5. The number of nitrogens with zero attached hydrogens (tertiary/aromatic N) is 3. The maximum absolute atomic E-state index is 13.2. The van der Waals surface area contributed by atoms with Gasteiger partial charge in [-0.3, -0.25) is 9.59 Å². The van der Waals surface area contributed by atoms with Crippen molar-refractivity contribution in [3.63, 3.8) is 0 Å². The second-order valence-corrected chi connectivity index (χ2v) is 7.29. The number of hydrogen-bond donors (Lipinski definition) is 2. The molecule has 0 fully saturated rings. The Hall–Kier alpha value is -4.33. The zero-order valence-electron chi connectivity index (χ0n) is 16.8. The standard InChI is InChI=1S/C23H17N5O3/c1-12-3-5-14(6-4-12)19-10-17(20-13(2)28-31-23(20)27-19)22(30)26-15-7-8-18-16(9-15)21(29)25-11-24-18/h3-11H,1-2H3,(H,26,30)(H,24,25,29). The van der Waals surface area contributed by atoms with Crippen LogP contribution in [0.4, 0.5) is 5.69 Å². The molecule has 0 bridgehead atoms. The second kappa shape index (κ2) is 7.17. The van der Waals surface area contributed by atoms with Gasteiger partial charge in [-0.05, 0) is 38.1 Å². The summed E-state index contributed by atoms with van der Waals surface area (Å²) in [6.45, 7) is 3.76. The molecule has 8 nitrogen and oxygen atoms in total. The van der Waals surface area contributed by atoms with E-state index in [1.165, 1.54) is 6.33 Å². The molecule has 5 aromatic rings. The molecule has 0 atom stereocenters. The van der Waals surface area contributed by atoms with E-state index in [1.54, 1.807) is 31.2 Å². The number of anilines is 1. The molecule has 152 valence electrons. The number of hydrogen-bond acceptors (Lipinski definition) is 6. The topological polar surface area (TPSA) is 114 Å². The lowest BCUT2D eigenvalue weighted by atomic mass is 10.0. The lowest BCUT2D eigenvalue weighted by molar-refractivity contribution is 0.102. The normalized spacial score (nSPS) is 11.2. The fraction of sp³-hybridized carbons (Fsp3) is 0.0870. The summed E-state index contributed by atoms with van der Waals surface area (Å²) in [5, 5.41) is 7.77. The number of benzene rings is 2. The molecule has 0 aliphatic carbocycles. The van der Waals surface area contributed by atoms with E-state index in [9.17, 15) is 9.59 Å². The number of carbonyl (C=O) groups excluding carboxylic acids is 1. The summed E-state index contributed by atoms with van der Waals surface area (Å²) >= 11 is 0. The number of pyridine rings is 1. The minimum Gasteiger partial charge on any atom is -0.335 e. The van der Waals surface area contributed by atoms with Crippen LogP contribution in [-0.2, 0) is 0 Å². The number of aromatic nitrogens is 4. The Morgan fingerprint density at radius 2 is 1.87 bits per heavy atom. The van der Waals surface area contributed by atoms with Crippen molar-refractivity contribution < 1.29 is 9.32 Å². The highest BCUT2D eigenvalue weighted by Crippen LogP contribution is 2.28. The monoisotopic (exact) mass is 411 g/mol. The van der Waals surface area contributed by atoms with E-state index in [2.05, 4.69) is 25.4 Å². The van der Waals surface area contributed by atoms with Crippen LogP contribution >= 0.6 is 0 Å². The molecule has 0 saturated carbocycles. The largest absolute Gasteiger partial charge is 0.335 e. The van der Waals surface area contributed by atoms with Crippen molar-refractivity contribution in [1.82, 2.24) is 20.1 Å². The van der Waals surface area contributed by atoms with Gasteiger partial charge in [-0.25, -0.2) is 9.97 Å². The number of nitrogens with one attached hydrogen (secondary N) is 2. The van der Waals surface area contributed by atoms with Crippen molar-refractivity contribution in [1.29, 1.82) is 0 Å². The number of H-pyrrole nitrogens is 1. The van der Waals surface area contributed by atoms with Crippen molar-refractivity contribution >= 4 is 33.6 Å². The predicted octanol–water partition coefficient (Wildman–Crippen LogP) is 4.00. The van der Waals surface area contributed by atoms with E-state index >= 15 is 0 Å². The van der Waals surface area contributed by atoms with Gasteiger partial charge in [0.25, 0.3) is 17.2 Å². The first-order chi connectivity index (χ1) is 15.0. The van der Waals surface area contributed by atoms with Crippen molar-refractivity contribution in [2.75, 3.05) is 5.32 Å². The number of aromatic amines is 1. The highest BCUT2D eigenvalue weighted by molar-refractivity contribution is 6.13. The molecular formula is C23H17N5O3. The number of amides is 1. The number of carbonyl (C=O) groups is 1. The minimum atomic E-state index is -0.355. The quantitative estimate of drug-likeness (QED) is 0.464. The molecule has 0 aliphatic heterocycles. The van der Waals surface area contributed by atoms with Gasteiger partial charge in [-0.15, -0.1) is 0 Å². The average molecular weight is 411 g/mol. The molecule has 0 radical (unpaired) electrons. The van der Waals surface area contributed by atoms with Crippen LogP contribution in [0, 0.1) is 13.8 Å². The zero-order valence-corrected chi connectivity index (χ0v) is 16.8. The van der Waals surface area contributed by atoms with Crippen molar-refractivity contribution in [3.05, 3.63) is 82.0 Å². The SMILES string of the molecule is Cc1ccc(-c2cc(C(=O)Nc3ccc4nc[nH]c(=O)c4c3)c3c(C)noc3n2)cc1. The molecule has 0 aliphatic rings. The number of fused-ring (bicyclic) bond motifs is 2. The molecule has 5 rings (SSSR count). The summed E-state index contributed by atoms with van der Waals surface area (Å²) in [4.78, 5) is 36.5. The molecule has 3 aromatic heterocycles. The summed E-state index contributed by atoms with van der Waals surface area (Å²) in [5.41, 5.74) is 4.59. The Morgan fingerprint density at radius 1 is 1.06 bits per heavy atom. The van der Waals surface area contributed by atoms with Crippen LogP contribution < -0.4 is 10.9 Å². The molecule has 0 unspecified atom stereocenters. The van der Waals surface area contributed by atoms with Crippen molar-refractivity contribution in [2.24, 2.45) is 0 Å². The number of aryl methyl sites for hydroxylation is 2. The van der Waals surface area contributed by atoms with E-state index < -0.39 is 0 Å². The molecule has 31 heavy (non-hydrogen) atoms. The van der Waals surface area contributed by atoms with Crippen LogP contribution in [0.15, 0.2) is 64.2 Å². The highest BCUT2D eigenvalue weighted by Gasteiger charge is 2.20. The molecule has 2 aromatic carbocycles. The highest BCUT2D eigenvalue weighted by atomic mass is 16.5. The van der Waals surface area contributed by atoms with Crippen LogP contribution in [0.3, 0.4) is 0 Å². The van der Waals surface area contributed by atoms with E-state index in [0.717, 1.165) is 11.1 Å². The number of rotatable bonds is 3. The van der Waals surface area contributed by atoms with Gasteiger partial charge in [0, 0.05) is 11.3 Å². The van der Waals surface area contributed by atoms with E-state index in [0.29, 0.717) is 44.6 Å². The smallest absolute Gasteiger partial charge is 0.259 e. The van der Waals surface area contributed by atoms with Gasteiger partial charge in [0.1, 0.15) is 0 Å². The predicted molar refractivity (Wildman–Crippen MR) is 117 cm³/mol. The zero-order chi connectivity index (χ0) is 21.5. The summed E-state index contributed by atoms with van der Waals surface area (Å²) in [5.74, 6) is -0.355. The molecule has 0 spiro atoms. The second-order valence-electron chi connectivity index (χ2n) is 7.29. The molecule has 2 N–H and O–H groups in total. The Balaban J connectivity index is 1.59. The van der Waals surface area contributed by atoms with Crippen LogP contribution in [-0.4, -0.2) is 26.0 Å². The Labute approximate surface area is 176 Å². The first-order valence-electron chi connectivity index (χ1n) is 9.62. The summed E-state index contributed by atoms with van der Waals surface area (Å²) in [6.07, 6.45) is 1.35. The van der Waals surface area contributed by atoms with Crippen LogP contribution in [0.5, 0.6) is 0 Å². The third kappa shape index (κ3) is 3.33. The molecule has 1 amide bonds. The molecule has 0 saturated heterocycles. The van der Waals surface area contributed by atoms with Gasteiger partial charge in [0.2, 0.25) is 0 Å². The van der Waals surface area contributed by atoms with Crippen LogP contribution in [0.1, 0.15) is 21.6 Å². The van der Waals surface area contributed by atoms with Gasteiger partial charge in [-0.1, -0.05) is 35.0 Å². The van der Waals surface area contributed by atoms with Gasteiger partial charge in [0.05, 0.1) is 39.6 Å². The third-order valence-electron chi connectivity index (χ3n) is 5.11.